The minimum Gasteiger partial charge on any atom is -0.380 e. The number of benzene rings is 1. The Morgan fingerprint density at radius 3 is 2.83 bits per heavy atom. The predicted molar refractivity (Wildman–Crippen MR) is 65.2 cm³/mol. The SMILES string of the molecule is NC1CC(O)(c2ccncc2F)c2ccccc21. The van der Waals surface area contributed by atoms with E-state index in [2.05, 4.69) is 4.98 Å². The standard InChI is InChI=1S/C14H13FN2O/c15-12-8-17-6-5-11(12)14(18)7-13(16)9-3-1-2-4-10(9)14/h1-6,8,13,18H,7,16H2. The first-order chi connectivity index (χ1) is 8.63. The number of halogens is 1. The zero-order chi connectivity index (χ0) is 12.8. The van der Waals surface area contributed by atoms with Gasteiger partial charge < -0.3 is 10.8 Å². The molecule has 3 N–H and O–H groups in total. The van der Waals surface area contributed by atoms with Crippen molar-refractivity contribution in [1.82, 2.24) is 4.98 Å². The highest BCUT2D eigenvalue weighted by Crippen LogP contribution is 2.46. The van der Waals surface area contributed by atoms with E-state index in [1.54, 1.807) is 6.07 Å². The molecule has 0 saturated heterocycles. The monoisotopic (exact) mass is 244 g/mol. The summed E-state index contributed by atoms with van der Waals surface area (Å²) in [6, 6.07) is 8.58. The van der Waals surface area contributed by atoms with Crippen LogP contribution in [-0.2, 0) is 5.60 Å². The molecule has 2 atom stereocenters. The Bertz CT molecular complexity index is 602. The molecule has 3 rings (SSSR count). The van der Waals surface area contributed by atoms with Gasteiger partial charge in [0.25, 0.3) is 0 Å². The minimum absolute atomic E-state index is 0.234. The number of nitrogens with two attached hydrogens (primary N) is 1. The maximum atomic E-state index is 13.8. The van der Waals surface area contributed by atoms with Crippen LogP contribution in [0.2, 0.25) is 0 Å². The van der Waals surface area contributed by atoms with Gasteiger partial charge in [0.05, 0.1) is 6.20 Å². The van der Waals surface area contributed by atoms with E-state index in [-0.39, 0.29) is 18.0 Å². The van der Waals surface area contributed by atoms with Crippen LogP contribution in [-0.4, -0.2) is 10.1 Å². The fraction of sp³-hybridized carbons (Fsp3) is 0.214. The summed E-state index contributed by atoms with van der Waals surface area (Å²) in [6.07, 6.45) is 2.87. The molecular formula is C14H13FN2O. The average molecular weight is 244 g/mol. The summed E-state index contributed by atoms with van der Waals surface area (Å²) in [5.74, 6) is -0.510. The fourth-order valence-corrected chi connectivity index (χ4v) is 2.70. The average Bonchev–Trinajstić information content (AvgIpc) is 2.64. The van der Waals surface area contributed by atoms with Crippen LogP contribution in [0.3, 0.4) is 0 Å². The van der Waals surface area contributed by atoms with Crippen molar-refractivity contribution in [2.45, 2.75) is 18.1 Å². The first-order valence-electron chi connectivity index (χ1n) is 5.80. The largest absolute Gasteiger partial charge is 0.380 e. The lowest BCUT2D eigenvalue weighted by molar-refractivity contribution is 0.0735. The van der Waals surface area contributed by atoms with E-state index in [0.717, 1.165) is 11.8 Å². The smallest absolute Gasteiger partial charge is 0.147 e. The van der Waals surface area contributed by atoms with Gasteiger partial charge in [0, 0.05) is 24.2 Å². The lowest BCUT2D eigenvalue weighted by Gasteiger charge is -2.25. The zero-order valence-electron chi connectivity index (χ0n) is 9.68. The molecule has 18 heavy (non-hydrogen) atoms. The molecule has 0 spiro atoms. The maximum Gasteiger partial charge on any atom is 0.147 e. The number of fused-ring (bicyclic) bond motifs is 1. The van der Waals surface area contributed by atoms with Crippen LogP contribution >= 0.6 is 0 Å². The topological polar surface area (TPSA) is 59.1 Å². The van der Waals surface area contributed by atoms with E-state index in [0.29, 0.717) is 5.56 Å². The molecule has 0 radical (unpaired) electrons. The van der Waals surface area contributed by atoms with E-state index in [1.807, 2.05) is 18.2 Å². The van der Waals surface area contributed by atoms with Crippen molar-refractivity contribution in [2.75, 3.05) is 0 Å². The molecule has 2 aromatic rings. The van der Waals surface area contributed by atoms with Crippen molar-refractivity contribution in [3.05, 3.63) is 65.2 Å². The van der Waals surface area contributed by atoms with E-state index >= 15 is 0 Å². The molecule has 2 unspecified atom stereocenters. The highest BCUT2D eigenvalue weighted by Gasteiger charge is 2.43. The van der Waals surface area contributed by atoms with Crippen molar-refractivity contribution in [1.29, 1.82) is 0 Å². The number of rotatable bonds is 1. The van der Waals surface area contributed by atoms with Crippen LogP contribution < -0.4 is 5.73 Å². The summed E-state index contributed by atoms with van der Waals surface area (Å²) in [4.78, 5) is 3.71. The number of aromatic nitrogens is 1. The van der Waals surface area contributed by atoms with Gasteiger partial charge in [0.1, 0.15) is 11.4 Å². The third-order valence-corrected chi connectivity index (χ3v) is 3.54. The van der Waals surface area contributed by atoms with Crippen LogP contribution in [0.4, 0.5) is 4.39 Å². The van der Waals surface area contributed by atoms with E-state index in [1.165, 1.54) is 12.3 Å². The zero-order valence-corrected chi connectivity index (χ0v) is 9.68. The van der Waals surface area contributed by atoms with Crippen molar-refractivity contribution >= 4 is 0 Å². The molecule has 0 aliphatic heterocycles. The van der Waals surface area contributed by atoms with Gasteiger partial charge in [-0.25, -0.2) is 4.39 Å². The minimum atomic E-state index is -1.36. The lowest BCUT2D eigenvalue weighted by Crippen LogP contribution is -2.26. The van der Waals surface area contributed by atoms with Crippen LogP contribution in [0.25, 0.3) is 0 Å². The number of nitrogens with zero attached hydrogens (tertiary/aromatic N) is 1. The molecule has 1 aromatic carbocycles. The van der Waals surface area contributed by atoms with Crippen molar-refractivity contribution in [3.8, 4) is 0 Å². The van der Waals surface area contributed by atoms with Gasteiger partial charge in [-0.3, -0.25) is 4.98 Å². The Morgan fingerprint density at radius 2 is 2.06 bits per heavy atom. The normalized spacial score (nSPS) is 26.1. The summed E-state index contributed by atoms with van der Waals surface area (Å²) in [6.45, 7) is 0. The Labute approximate surface area is 104 Å². The van der Waals surface area contributed by atoms with E-state index in [4.69, 9.17) is 5.73 Å². The molecule has 0 saturated carbocycles. The Kier molecular flexibility index (Phi) is 2.43. The Balaban J connectivity index is 2.21. The van der Waals surface area contributed by atoms with Crippen LogP contribution in [0.1, 0.15) is 29.2 Å². The second kappa shape index (κ2) is 3.86. The molecule has 4 heteroatoms. The second-order valence-electron chi connectivity index (χ2n) is 4.61. The second-order valence-corrected chi connectivity index (χ2v) is 4.61. The summed E-state index contributed by atoms with van der Waals surface area (Å²) < 4.78 is 13.8. The summed E-state index contributed by atoms with van der Waals surface area (Å²) in [7, 11) is 0. The van der Waals surface area contributed by atoms with Crippen LogP contribution in [0.5, 0.6) is 0 Å². The molecule has 1 aliphatic carbocycles. The first-order valence-corrected chi connectivity index (χ1v) is 5.80. The van der Waals surface area contributed by atoms with Crippen LogP contribution in [0, 0.1) is 5.82 Å². The highest BCUT2D eigenvalue weighted by atomic mass is 19.1. The number of hydrogen-bond donors (Lipinski definition) is 2. The molecule has 1 heterocycles. The van der Waals surface area contributed by atoms with E-state index < -0.39 is 11.4 Å². The fourth-order valence-electron chi connectivity index (χ4n) is 2.70. The molecule has 0 bridgehead atoms. The van der Waals surface area contributed by atoms with Gasteiger partial charge in [0.2, 0.25) is 0 Å². The highest BCUT2D eigenvalue weighted by molar-refractivity contribution is 5.46. The summed E-state index contributed by atoms with van der Waals surface area (Å²) in [5.41, 5.74) is 6.44. The lowest BCUT2D eigenvalue weighted by atomic mass is 9.88. The molecule has 92 valence electrons. The van der Waals surface area contributed by atoms with E-state index in [9.17, 15) is 9.50 Å². The van der Waals surface area contributed by atoms with Gasteiger partial charge in [-0.05, 0) is 17.2 Å². The predicted octanol–water partition coefficient (Wildman–Crippen LogP) is 1.86. The number of hydrogen-bond acceptors (Lipinski definition) is 3. The van der Waals surface area contributed by atoms with Crippen molar-refractivity contribution in [3.63, 3.8) is 0 Å². The Morgan fingerprint density at radius 1 is 1.28 bits per heavy atom. The Hall–Kier alpha value is -1.78. The van der Waals surface area contributed by atoms with Gasteiger partial charge in [-0.2, -0.15) is 0 Å². The number of pyridine rings is 1. The van der Waals surface area contributed by atoms with Crippen molar-refractivity contribution < 1.29 is 9.50 Å². The molecule has 1 aromatic heterocycles. The quantitative estimate of drug-likeness (QED) is 0.805. The van der Waals surface area contributed by atoms with Gasteiger partial charge in [-0.1, -0.05) is 24.3 Å². The molecule has 0 amide bonds. The first kappa shape index (κ1) is 11.3. The third-order valence-electron chi connectivity index (χ3n) is 3.54. The molecule has 1 aliphatic rings. The third kappa shape index (κ3) is 1.46. The molecule has 0 fully saturated rings. The molecular weight excluding hydrogens is 231 g/mol. The molecule has 3 nitrogen and oxygen atoms in total. The summed E-state index contributed by atoms with van der Waals surface area (Å²) >= 11 is 0. The number of aliphatic hydroxyl groups is 1. The van der Waals surface area contributed by atoms with Gasteiger partial charge in [-0.15, -0.1) is 0 Å². The van der Waals surface area contributed by atoms with Gasteiger partial charge >= 0.3 is 0 Å². The van der Waals surface area contributed by atoms with Crippen LogP contribution in [0.15, 0.2) is 42.7 Å². The van der Waals surface area contributed by atoms with Crippen molar-refractivity contribution in [2.24, 2.45) is 5.73 Å². The maximum absolute atomic E-state index is 13.8. The van der Waals surface area contributed by atoms with Gasteiger partial charge in [0.15, 0.2) is 0 Å². The summed E-state index contributed by atoms with van der Waals surface area (Å²) in [5, 5.41) is 10.8.